The van der Waals surface area contributed by atoms with Gasteiger partial charge in [0.15, 0.2) is 0 Å². The zero-order valence-corrected chi connectivity index (χ0v) is 16.8. The summed E-state index contributed by atoms with van der Waals surface area (Å²) in [7, 11) is 1.53. The highest BCUT2D eigenvalue weighted by Crippen LogP contribution is 2.13. The van der Waals surface area contributed by atoms with Gasteiger partial charge in [0.05, 0.1) is 19.9 Å². The van der Waals surface area contributed by atoms with Crippen LogP contribution in [0.5, 0.6) is 11.5 Å². The summed E-state index contributed by atoms with van der Waals surface area (Å²) in [6.45, 7) is 0.335. The molecule has 0 aliphatic heterocycles. The molecule has 0 spiro atoms. The minimum atomic E-state index is -0.513. The molecule has 0 radical (unpaired) electrons. The first-order chi connectivity index (χ1) is 15.0. The van der Waals surface area contributed by atoms with Gasteiger partial charge in [0.1, 0.15) is 35.4 Å². The Hall–Kier alpha value is -4.07. The predicted molar refractivity (Wildman–Crippen MR) is 112 cm³/mol. The Labute approximate surface area is 178 Å². The summed E-state index contributed by atoms with van der Waals surface area (Å²) in [4.78, 5) is 25.2. The molecule has 2 N–H and O–H groups in total. The molecular weight excluding hydrogens is 403 g/mol. The van der Waals surface area contributed by atoms with Crippen LogP contribution in [-0.4, -0.2) is 32.1 Å². The van der Waals surface area contributed by atoms with Crippen molar-refractivity contribution < 1.29 is 27.9 Å². The van der Waals surface area contributed by atoms with Crippen molar-refractivity contribution in [2.45, 2.75) is 0 Å². The molecule has 0 atom stereocenters. The topological polar surface area (TPSA) is 89.8 Å². The van der Waals surface area contributed by atoms with Crippen LogP contribution in [-0.2, 0) is 4.79 Å². The largest absolute Gasteiger partial charge is 0.497 e. The van der Waals surface area contributed by atoms with Gasteiger partial charge in [-0.3, -0.25) is 9.59 Å². The van der Waals surface area contributed by atoms with Crippen molar-refractivity contribution in [1.29, 1.82) is 0 Å². The van der Waals surface area contributed by atoms with Crippen LogP contribution in [0.4, 0.5) is 4.39 Å². The summed E-state index contributed by atoms with van der Waals surface area (Å²) in [6, 6.07) is 15.4. The van der Waals surface area contributed by atoms with Crippen LogP contribution < -0.4 is 20.1 Å². The SMILES string of the molecule is COc1ccc(C(=O)N/C(=C\c2ccco2)C(=O)NCCOc2ccc(F)cc2)cc1. The van der Waals surface area contributed by atoms with E-state index in [1.807, 2.05) is 0 Å². The Kier molecular flexibility index (Phi) is 7.42. The van der Waals surface area contributed by atoms with E-state index in [4.69, 9.17) is 13.9 Å². The molecule has 1 heterocycles. The lowest BCUT2D eigenvalue weighted by Gasteiger charge is -2.12. The van der Waals surface area contributed by atoms with E-state index in [2.05, 4.69) is 10.6 Å². The number of amides is 2. The first kappa shape index (κ1) is 21.6. The lowest BCUT2D eigenvalue weighted by atomic mass is 10.2. The average molecular weight is 424 g/mol. The van der Waals surface area contributed by atoms with Gasteiger partial charge in [-0.2, -0.15) is 0 Å². The second kappa shape index (κ2) is 10.6. The van der Waals surface area contributed by atoms with E-state index in [1.165, 1.54) is 43.7 Å². The van der Waals surface area contributed by atoms with Crippen molar-refractivity contribution in [1.82, 2.24) is 10.6 Å². The van der Waals surface area contributed by atoms with Crippen LogP contribution in [0.15, 0.2) is 77.0 Å². The number of carbonyl (C=O) groups is 2. The maximum absolute atomic E-state index is 12.9. The van der Waals surface area contributed by atoms with E-state index in [0.717, 1.165) is 0 Å². The molecule has 0 aliphatic rings. The Balaban J connectivity index is 1.61. The van der Waals surface area contributed by atoms with Gasteiger partial charge in [-0.25, -0.2) is 4.39 Å². The molecule has 160 valence electrons. The van der Waals surface area contributed by atoms with Crippen molar-refractivity contribution in [3.8, 4) is 11.5 Å². The number of ether oxygens (including phenoxy) is 2. The van der Waals surface area contributed by atoms with Crippen LogP contribution in [0, 0.1) is 5.82 Å². The lowest BCUT2D eigenvalue weighted by molar-refractivity contribution is -0.117. The first-order valence-electron chi connectivity index (χ1n) is 9.42. The molecule has 2 amide bonds. The summed E-state index contributed by atoms with van der Waals surface area (Å²) in [5, 5.41) is 5.27. The maximum Gasteiger partial charge on any atom is 0.268 e. The van der Waals surface area contributed by atoms with Crippen molar-refractivity contribution in [2.75, 3.05) is 20.3 Å². The Morgan fingerprint density at radius 3 is 2.39 bits per heavy atom. The molecule has 1 aromatic heterocycles. The number of rotatable bonds is 9. The standard InChI is InChI=1S/C23H21FN2O5/c1-29-18-8-4-16(5-9-18)22(27)26-21(15-20-3-2-13-30-20)23(28)25-12-14-31-19-10-6-17(24)7-11-19/h2-11,13,15H,12,14H2,1H3,(H,25,28)(H,26,27)/b21-15-. The predicted octanol–water partition coefficient (Wildman–Crippen LogP) is 3.39. The molecule has 8 heteroatoms. The van der Waals surface area contributed by atoms with E-state index in [1.54, 1.807) is 36.4 Å². The summed E-state index contributed by atoms with van der Waals surface area (Å²) in [5.41, 5.74) is 0.371. The molecule has 0 aliphatic carbocycles. The molecule has 0 fully saturated rings. The summed E-state index contributed by atoms with van der Waals surface area (Å²) in [5.74, 6) is 0.166. The van der Waals surface area contributed by atoms with Crippen molar-refractivity contribution in [3.63, 3.8) is 0 Å². The van der Waals surface area contributed by atoms with Gasteiger partial charge in [-0.1, -0.05) is 0 Å². The van der Waals surface area contributed by atoms with E-state index in [0.29, 0.717) is 22.8 Å². The number of halogens is 1. The van der Waals surface area contributed by atoms with Gasteiger partial charge in [-0.15, -0.1) is 0 Å². The number of methoxy groups -OCH3 is 1. The third kappa shape index (κ3) is 6.46. The van der Waals surface area contributed by atoms with E-state index in [-0.39, 0.29) is 24.7 Å². The number of carbonyl (C=O) groups excluding carboxylic acids is 2. The summed E-state index contributed by atoms with van der Waals surface area (Å²) < 4.78 is 28.7. The Morgan fingerprint density at radius 2 is 1.74 bits per heavy atom. The van der Waals surface area contributed by atoms with Crippen LogP contribution in [0.2, 0.25) is 0 Å². The number of nitrogens with one attached hydrogen (secondary N) is 2. The van der Waals surface area contributed by atoms with Gasteiger partial charge in [0, 0.05) is 11.6 Å². The highest BCUT2D eigenvalue weighted by Gasteiger charge is 2.15. The smallest absolute Gasteiger partial charge is 0.268 e. The minimum absolute atomic E-state index is 0.0116. The van der Waals surface area contributed by atoms with E-state index >= 15 is 0 Å². The van der Waals surface area contributed by atoms with Crippen molar-refractivity contribution in [2.24, 2.45) is 0 Å². The fourth-order valence-electron chi connectivity index (χ4n) is 2.57. The monoisotopic (exact) mass is 424 g/mol. The number of furan rings is 1. The Bertz CT molecular complexity index is 1030. The molecule has 31 heavy (non-hydrogen) atoms. The minimum Gasteiger partial charge on any atom is -0.497 e. The third-order valence-corrected chi connectivity index (χ3v) is 4.14. The van der Waals surface area contributed by atoms with Gasteiger partial charge in [-0.05, 0) is 60.7 Å². The maximum atomic E-state index is 12.9. The highest BCUT2D eigenvalue weighted by atomic mass is 19.1. The zero-order chi connectivity index (χ0) is 22.1. The average Bonchev–Trinajstić information content (AvgIpc) is 3.30. The van der Waals surface area contributed by atoms with Gasteiger partial charge in [0.25, 0.3) is 11.8 Å². The zero-order valence-electron chi connectivity index (χ0n) is 16.8. The van der Waals surface area contributed by atoms with E-state index < -0.39 is 11.8 Å². The van der Waals surface area contributed by atoms with Crippen LogP contribution in [0.1, 0.15) is 16.1 Å². The second-order valence-electron chi connectivity index (χ2n) is 6.31. The van der Waals surface area contributed by atoms with Gasteiger partial charge in [0.2, 0.25) is 0 Å². The van der Waals surface area contributed by atoms with Crippen molar-refractivity contribution >= 4 is 17.9 Å². The Morgan fingerprint density at radius 1 is 1.03 bits per heavy atom. The number of benzene rings is 2. The quantitative estimate of drug-likeness (QED) is 0.406. The molecule has 0 saturated carbocycles. The van der Waals surface area contributed by atoms with Crippen LogP contribution >= 0.6 is 0 Å². The van der Waals surface area contributed by atoms with Gasteiger partial charge >= 0.3 is 0 Å². The molecular formula is C23H21FN2O5. The first-order valence-corrected chi connectivity index (χ1v) is 9.42. The lowest BCUT2D eigenvalue weighted by Crippen LogP contribution is -2.36. The fraction of sp³-hybridized carbons (Fsp3) is 0.130. The molecule has 0 unspecified atom stereocenters. The molecule has 2 aromatic carbocycles. The van der Waals surface area contributed by atoms with E-state index in [9.17, 15) is 14.0 Å². The van der Waals surface area contributed by atoms with Gasteiger partial charge < -0.3 is 24.5 Å². The fourth-order valence-corrected chi connectivity index (χ4v) is 2.57. The molecule has 7 nitrogen and oxygen atoms in total. The highest BCUT2D eigenvalue weighted by molar-refractivity contribution is 6.05. The second-order valence-corrected chi connectivity index (χ2v) is 6.31. The number of hydrogen-bond acceptors (Lipinski definition) is 5. The normalized spacial score (nSPS) is 11.0. The van der Waals surface area contributed by atoms with Crippen LogP contribution in [0.3, 0.4) is 0 Å². The third-order valence-electron chi connectivity index (χ3n) is 4.14. The number of hydrogen-bond donors (Lipinski definition) is 2. The molecule has 0 bridgehead atoms. The van der Waals surface area contributed by atoms with Crippen molar-refractivity contribution in [3.05, 3.63) is 89.8 Å². The molecule has 3 rings (SSSR count). The molecule has 0 saturated heterocycles. The summed E-state index contributed by atoms with van der Waals surface area (Å²) in [6.07, 6.45) is 2.89. The summed E-state index contributed by atoms with van der Waals surface area (Å²) >= 11 is 0. The van der Waals surface area contributed by atoms with Crippen LogP contribution in [0.25, 0.3) is 6.08 Å². The molecule has 3 aromatic rings.